The lowest BCUT2D eigenvalue weighted by atomic mass is 10.1. The van der Waals surface area contributed by atoms with Gasteiger partial charge in [-0.3, -0.25) is 4.98 Å². The fourth-order valence-electron chi connectivity index (χ4n) is 3.26. The van der Waals surface area contributed by atoms with Crippen LogP contribution in [-0.4, -0.2) is 34.2 Å². The maximum absolute atomic E-state index is 6.30. The van der Waals surface area contributed by atoms with Crippen LogP contribution in [0.5, 0.6) is 0 Å². The summed E-state index contributed by atoms with van der Waals surface area (Å²) < 4.78 is 8.93. The number of halogens is 2. The van der Waals surface area contributed by atoms with E-state index in [1.165, 1.54) is 0 Å². The van der Waals surface area contributed by atoms with E-state index in [-0.39, 0.29) is 0 Å². The third kappa shape index (κ3) is 5.41. The molecular formula is C23H24BrClN4OSi. The first-order valence-corrected chi connectivity index (χ1v) is 15.0. The van der Waals surface area contributed by atoms with Gasteiger partial charge in [0.15, 0.2) is 0 Å². The number of hydrogen-bond acceptors (Lipinski definition) is 4. The molecule has 0 unspecified atom stereocenters. The molecule has 4 aromatic rings. The first-order valence-electron chi connectivity index (χ1n) is 10.1. The Morgan fingerprint density at radius 3 is 2.68 bits per heavy atom. The number of fused-ring (bicyclic) bond motifs is 1. The molecule has 0 fully saturated rings. The molecule has 0 atom stereocenters. The van der Waals surface area contributed by atoms with Crippen molar-refractivity contribution in [3.05, 3.63) is 64.5 Å². The molecule has 31 heavy (non-hydrogen) atoms. The molecule has 1 aromatic carbocycles. The highest BCUT2D eigenvalue weighted by atomic mass is 79.9. The molecule has 8 heteroatoms. The third-order valence-electron chi connectivity index (χ3n) is 4.91. The first kappa shape index (κ1) is 22.1. The molecule has 0 amide bonds. The van der Waals surface area contributed by atoms with Crippen molar-refractivity contribution < 1.29 is 4.74 Å². The Labute approximate surface area is 196 Å². The Bertz CT molecular complexity index is 1220. The average molecular weight is 516 g/mol. The van der Waals surface area contributed by atoms with Crippen LogP contribution < -0.4 is 0 Å². The SMILES string of the molecule is C[Si](C)(C)CCOCn1cnc(-c2ccc3ncc(Br)cc3n2)c1-c1cccc(Cl)c1. The quantitative estimate of drug-likeness (QED) is 0.199. The molecule has 3 aromatic heterocycles. The highest BCUT2D eigenvalue weighted by molar-refractivity contribution is 9.10. The van der Waals surface area contributed by atoms with Crippen LogP contribution in [0.3, 0.4) is 0 Å². The standard InChI is InChI=1S/C23H24BrClN4OSi/c1-31(2,3)10-9-30-15-29-14-27-22(23(29)16-5-4-6-18(25)11-16)20-8-7-19-21(28-20)12-17(24)13-26-19/h4-8,11-14H,9-10,15H2,1-3H3. The summed E-state index contributed by atoms with van der Waals surface area (Å²) in [5, 5.41) is 0.676. The van der Waals surface area contributed by atoms with Gasteiger partial charge in [0.2, 0.25) is 0 Å². The van der Waals surface area contributed by atoms with Crippen molar-refractivity contribution in [1.82, 2.24) is 19.5 Å². The fraction of sp³-hybridized carbons (Fsp3) is 0.261. The number of aromatic nitrogens is 4. The first-order chi connectivity index (χ1) is 14.8. The molecule has 0 N–H and O–H groups in total. The van der Waals surface area contributed by atoms with Gasteiger partial charge >= 0.3 is 0 Å². The molecular weight excluding hydrogens is 492 g/mol. The third-order valence-corrected chi connectivity index (χ3v) is 7.28. The summed E-state index contributed by atoms with van der Waals surface area (Å²) in [7, 11) is -1.15. The van der Waals surface area contributed by atoms with E-state index in [9.17, 15) is 0 Å². The van der Waals surface area contributed by atoms with Crippen molar-refractivity contribution in [1.29, 1.82) is 0 Å². The van der Waals surface area contributed by atoms with Gasteiger partial charge in [0, 0.05) is 35.9 Å². The van der Waals surface area contributed by atoms with Gasteiger partial charge in [0.05, 0.1) is 28.7 Å². The molecule has 0 saturated carbocycles. The zero-order valence-electron chi connectivity index (χ0n) is 17.8. The van der Waals surface area contributed by atoms with Crippen molar-refractivity contribution in [2.24, 2.45) is 0 Å². The predicted molar refractivity (Wildman–Crippen MR) is 133 cm³/mol. The zero-order valence-corrected chi connectivity index (χ0v) is 21.1. The van der Waals surface area contributed by atoms with E-state index in [4.69, 9.17) is 26.3 Å². The smallest absolute Gasteiger partial charge is 0.124 e. The summed E-state index contributed by atoms with van der Waals surface area (Å²) in [4.78, 5) is 13.9. The van der Waals surface area contributed by atoms with E-state index in [2.05, 4.69) is 40.6 Å². The van der Waals surface area contributed by atoms with Crippen LogP contribution in [0.1, 0.15) is 0 Å². The van der Waals surface area contributed by atoms with Crippen LogP contribution in [0, 0.1) is 0 Å². The van der Waals surface area contributed by atoms with Gasteiger partial charge in [-0.25, -0.2) is 9.97 Å². The Morgan fingerprint density at radius 2 is 1.90 bits per heavy atom. The summed E-state index contributed by atoms with van der Waals surface area (Å²) in [6.07, 6.45) is 3.58. The lowest BCUT2D eigenvalue weighted by Gasteiger charge is -2.16. The summed E-state index contributed by atoms with van der Waals surface area (Å²) in [5.41, 5.74) is 5.13. The van der Waals surface area contributed by atoms with Crippen molar-refractivity contribution >= 4 is 46.6 Å². The average Bonchev–Trinajstić information content (AvgIpc) is 3.14. The molecule has 0 aliphatic carbocycles. The van der Waals surface area contributed by atoms with Crippen LogP contribution in [0.4, 0.5) is 0 Å². The summed E-state index contributed by atoms with van der Waals surface area (Å²) in [5.74, 6) is 0. The topological polar surface area (TPSA) is 52.8 Å². The van der Waals surface area contributed by atoms with Crippen LogP contribution in [0.25, 0.3) is 33.7 Å². The van der Waals surface area contributed by atoms with E-state index in [0.29, 0.717) is 11.8 Å². The van der Waals surface area contributed by atoms with Gasteiger partial charge in [-0.2, -0.15) is 0 Å². The Morgan fingerprint density at radius 1 is 1.06 bits per heavy atom. The summed E-state index contributed by atoms with van der Waals surface area (Å²) >= 11 is 9.77. The minimum absolute atomic E-state index is 0.431. The van der Waals surface area contributed by atoms with E-state index in [1.54, 1.807) is 6.20 Å². The van der Waals surface area contributed by atoms with Crippen molar-refractivity contribution in [2.45, 2.75) is 32.4 Å². The lowest BCUT2D eigenvalue weighted by molar-refractivity contribution is 0.0882. The van der Waals surface area contributed by atoms with E-state index in [1.807, 2.05) is 53.4 Å². The van der Waals surface area contributed by atoms with Gasteiger partial charge in [-0.05, 0) is 52.3 Å². The van der Waals surface area contributed by atoms with Gasteiger partial charge in [0.1, 0.15) is 12.4 Å². The van der Waals surface area contributed by atoms with Crippen LogP contribution in [-0.2, 0) is 11.5 Å². The minimum Gasteiger partial charge on any atom is -0.361 e. The molecule has 0 radical (unpaired) electrons. The fourth-order valence-corrected chi connectivity index (χ4v) is 4.53. The second kappa shape index (κ2) is 9.20. The molecule has 0 spiro atoms. The van der Waals surface area contributed by atoms with Crippen molar-refractivity contribution in [3.8, 4) is 22.6 Å². The number of hydrogen-bond donors (Lipinski definition) is 0. The van der Waals surface area contributed by atoms with Crippen LogP contribution in [0.15, 0.2) is 59.5 Å². The molecule has 0 bridgehead atoms. The highest BCUT2D eigenvalue weighted by Gasteiger charge is 2.18. The summed E-state index contributed by atoms with van der Waals surface area (Å²) in [6, 6.07) is 14.8. The number of imidazole rings is 1. The second-order valence-electron chi connectivity index (χ2n) is 8.66. The van der Waals surface area contributed by atoms with Crippen LogP contribution in [0.2, 0.25) is 30.7 Å². The Kier molecular flexibility index (Phi) is 6.57. The minimum atomic E-state index is -1.15. The van der Waals surface area contributed by atoms with Gasteiger partial charge in [-0.1, -0.05) is 43.4 Å². The van der Waals surface area contributed by atoms with E-state index >= 15 is 0 Å². The number of benzene rings is 1. The van der Waals surface area contributed by atoms with Crippen LogP contribution >= 0.6 is 27.5 Å². The summed E-state index contributed by atoms with van der Waals surface area (Å²) in [6.45, 7) is 8.22. The predicted octanol–water partition coefficient (Wildman–Crippen LogP) is 6.89. The number of ether oxygens (including phenoxy) is 1. The van der Waals surface area contributed by atoms with Crippen molar-refractivity contribution in [2.75, 3.05) is 6.61 Å². The second-order valence-corrected chi connectivity index (χ2v) is 15.6. The monoisotopic (exact) mass is 514 g/mol. The largest absolute Gasteiger partial charge is 0.361 e. The van der Waals surface area contributed by atoms with E-state index in [0.717, 1.165) is 50.8 Å². The van der Waals surface area contributed by atoms with Gasteiger partial charge < -0.3 is 9.30 Å². The van der Waals surface area contributed by atoms with E-state index < -0.39 is 8.07 Å². The normalized spacial score (nSPS) is 11.9. The molecule has 160 valence electrons. The van der Waals surface area contributed by atoms with Gasteiger partial charge in [-0.15, -0.1) is 0 Å². The maximum Gasteiger partial charge on any atom is 0.124 e. The Hall–Kier alpha value is -2.06. The molecule has 5 nitrogen and oxygen atoms in total. The maximum atomic E-state index is 6.30. The molecule has 4 rings (SSSR count). The zero-order chi connectivity index (χ0) is 22.0. The number of nitrogens with zero attached hydrogens (tertiary/aromatic N) is 4. The highest BCUT2D eigenvalue weighted by Crippen LogP contribution is 2.32. The number of rotatable bonds is 7. The molecule has 3 heterocycles. The molecule has 0 aliphatic heterocycles. The Balaban J connectivity index is 1.73. The molecule has 0 aliphatic rings. The number of pyridine rings is 2. The van der Waals surface area contributed by atoms with Gasteiger partial charge in [0.25, 0.3) is 0 Å². The lowest BCUT2D eigenvalue weighted by Crippen LogP contribution is -2.22. The van der Waals surface area contributed by atoms with Crippen molar-refractivity contribution in [3.63, 3.8) is 0 Å². The molecule has 0 saturated heterocycles.